The van der Waals surface area contributed by atoms with E-state index in [0.717, 1.165) is 84.8 Å². The van der Waals surface area contributed by atoms with Crippen LogP contribution in [-0.4, -0.2) is 116 Å². The Bertz CT molecular complexity index is 2240. The smallest absolute Gasteiger partial charge is 0.262 e. The molecule has 3 N–H and O–H groups in total. The van der Waals surface area contributed by atoms with Crippen LogP contribution >= 0.6 is 0 Å². The Balaban J connectivity index is 0.864. The van der Waals surface area contributed by atoms with Crippen LogP contribution in [0.4, 0.5) is 23.1 Å². The number of nitrogens with one attached hydrogen (secondary N) is 3. The number of hydrogen-bond acceptors (Lipinski definition) is 12. The van der Waals surface area contributed by atoms with Crippen molar-refractivity contribution in [3.63, 3.8) is 0 Å². The van der Waals surface area contributed by atoms with Crippen molar-refractivity contribution in [3.8, 4) is 0 Å². The number of piperazine rings is 1. The first-order valence-corrected chi connectivity index (χ1v) is 19.6. The van der Waals surface area contributed by atoms with Gasteiger partial charge >= 0.3 is 0 Å². The lowest BCUT2D eigenvalue weighted by molar-refractivity contribution is -0.136. The number of rotatable bonds is 10. The SMILES string of the molecule is CS(=O)(=O)Nc1ccc(CCNc2nc(N3CCN(C4CN(c5ccc6c(c5)C(=O)N(C5CCC(=O)NC5=O)C6=O)C4)CC3)nc3ccccc23)cc1. The van der Waals surface area contributed by atoms with E-state index in [1.165, 1.54) is 0 Å². The highest BCUT2D eigenvalue weighted by molar-refractivity contribution is 7.92. The molecule has 4 aliphatic rings. The number of anilines is 4. The van der Waals surface area contributed by atoms with Gasteiger partial charge < -0.3 is 15.1 Å². The average molecular weight is 738 g/mol. The van der Waals surface area contributed by atoms with Crippen molar-refractivity contribution in [2.75, 3.05) is 71.9 Å². The summed E-state index contributed by atoms with van der Waals surface area (Å²) in [6, 6.07) is 19.9. The van der Waals surface area contributed by atoms with Crippen molar-refractivity contribution < 1.29 is 27.6 Å². The van der Waals surface area contributed by atoms with Gasteiger partial charge in [0, 0.05) is 75.0 Å². The number of fused-ring (bicyclic) bond motifs is 2. The Labute approximate surface area is 306 Å². The molecule has 15 nitrogen and oxygen atoms in total. The summed E-state index contributed by atoms with van der Waals surface area (Å²) >= 11 is 0. The second-order valence-corrected chi connectivity index (χ2v) is 15.6. The number of para-hydroxylation sites is 1. The third kappa shape index (κ3) is 6.99. The van der Waals surface area contributed by atoms with E-state index in [9.17, 15) is 27.6 Å². The molecule has 0 radical (unpaired) electrons. The summed E-state index contributed by atoms with van der Waals surface area (Å²) in [6.45, 7) is 5.45. The predicted octanol–water partition coefficient (Wildman–Crippen LogP) is 2.07. The second-order valence-electron chi connectivity index (χ2n) is 13.9. The number of carbonyl (C=O) groups excluding carboxylic acids is 4. The van der Waals surface area contributed by atoms with Gasteiger partial charge in [0.15, 0.2) is 0 Å². The van der Waals surface area contributed by atoms with Crippen LogP contribution in [0.25, 0.3) is 10.9 Å². The predicted molar refractivity (Wildman–Crippen MR) is 200 cm³/mol. The number of piperidine rings is 1. The average Bonchev–Trinajstić information content (AvgIpc) is 3.36. The van der Waals surface area contributed by atoms with Crippen LogP contribution in [0.1, 0.15) is 39.1 Å². The van der Waals surface area contributed by atoms with E-state index in [0.29, 0.717) is 24.2 Å². The Morgan fingerprint density at radius 2 is 1.58 bits per heavy atom. The van der Waals surface area contributed by atoms with Gasteiger partial charge in [0.05, 0.1) is 22.9 Å². The first kappa shape index (κ1) is 34.5. The normalized spacial score (nSPS) is 19.7. The zero-order valence-corrected chi connectivity index (χ0v) is 29.9. The molecule has 0 aliphatic carbocycles. The fourth-order valence-corrected chi connectivity index (χ4v) is 8.02. The van der Waals surface area contributed by atoms with Crippen molar-refractivity contribution in [1.29, 1.82) is 0 Å². The third-order valence-electron chi connectivity index (χ3n) is 10.3. The van der Waals surface area contributed by atoms with Crippen molar-refractivity contribution >= 4 is 67.7 Å². The van der Waals surface area contributed by atoms with Gasteiger partial charge in [-0.2, -0.15) is 4.98 Å². The van der Waals surface area contributed by atoms with Gasteiger partial charge in [0.1, 0.15) is 11.9 Å². The number of amides is 4. The summed E-state index contributed by atoms with van der Waals surface area (Å²) in [5.74, 6) is -0.566. The molecule has 5 heterocycles. The van der Waals surface area contributed by atoms with Crippen LogP contribution in [-0.2, 0) is 26.0 Å². The molecule has 1 aromatic heterocycles. The van der Waals surface area contributed by atoms with E-state index < -0.39 is 39.7 Å². The number of sulfonamides is 1. The molecule has 4 aliphatic heterocycles. The van der Waals surface area contributed by atoms with Crippen LogP contribution in [0.3, 0.4) is 0 Å². The highest BCUT2D eigenvalue weighted by atomic mass is 32.2. The Hall–Kier alpha value is -5.61. The van der Waals surface area contributed by atoms with Crippen LogP contribution in [0, 0.1) is 0 Å². The summed E-state index contributed by atoms with van der Waals surface area (Å²) in [6.07, 6.45) is 2.07. The molecular weight excluding hydrogens is 699 g/mol. The minimum Gasteiger partial charge on any atom is -0.369 e. The van der Waals surface area contributed by atoms with Gasteiger partial charge in [-0.1, -0.05) is 24.3 Å². The standard InChI is InChI=1S/C37H39N9O6S/c1-53(51,52)42-24-8-6-23(7-9-24)14-15-38-33-28-4-2-3-5-30(28)39-37(41-33)44-18-16-43(17-19-44)26-21-45(22-26)25-10-11-27-29(20-25)36(50)46(35(27)49)31-12-13-32(47)40-34(31)48/h2-11,20,26,31,42H,12-19,21-22H2,1H3,(H,38,39,41)(H,40,47,48). The Morgan fingerprint density at radius 3 is 2.32 bits per heavy atom. The van der Waals surface area contributed by atoms with Gasteiger partial charge in [0.2, 0.25) is 27.8 Å². The van der Waals surface area contributed by atoms with Crippen LogP contribution in [0.5, 0.6) is 0 Å². The molecule has 3 saturated heterocycles. The van der Waals surface area contributed by atoms with E-state index in [2.05, 4.69) is 30.1 Å². The number of carbonyl (C=O) groups is 4. The zero-order chi connectivity index (χ0) is 36.9. The van der Waals surface area contributed by atoms with Crippen molar-refractivity contribution in [2.45, 2.75) is 31.3 Å². The van der Waals surface area contributed by atoms with Crippen LogP contribution in [0.15, 0.2) is 66.7 Å². The molecule has 1 unspecified atom stereocenters. The lowest BCUT2D eigenvalue weighted by Crippen LogP contribution is -2.63. The molecule has 274 valence electrons. The van der Waals surface area contributed by atoms with Crippen molar-refractivity contribution in [2.24, 2.45) is 0 Å². The van der Waals surface area contributed by atoms with Gasteiger partial charge in [-0.25, -0.2) is 13.4 Å². The first-order chi connectivity index (χ1) is 25.5. The minimum absolute atomic E-state index is 0.0836. The first-order valence-electron chi connectivity index (χ1n) is 17.7. The number of benzene rings is 3. The van der Waals surface area contributed by atoms with Gasteiger partial charge in [-0.3, -0.25) is 39.0 Å². The molecule has 0 saturated carbocycles. The second kappa shape index (κ2) is 13.7. The third-order valence-corrected chi connectivity index (χ3v) is 10.9. The molecule has 0 bridgehead atoms. The van der Waals surface area contributed by atoms with E-state index in [1.54, 1.807) is 24.3 Å². The highest BCUT2D eigenvalue weighted by Gasteiger charge is 2.45. The minimum atomic E-state index is -3.33. The van der Waals surface area contributed by atoms with E-state index in [1.807, 2.05) is 42.5 Å². The summed E-state index contributed by atoms with van der Waals surface area (Å²) in [5, 5.41) is 6.68. The molecule has 16 heteroatoms. The topological polar surface area (TPSA) is 177 Å². The summed E-state index contributed by atoms with van der Waals surface area (Å²) in [5.41, 5.74) is 3.89. The van der Waals surface area contributed by atoms with Crippen LogP contribution in [0.2, 0.25) is 0 Å². The molecule has 4 amide bonds. The van der Waals surface area contributed by atoms with Crippen molar-refractivity contribution in [1.82, 2.24) is 25.1 Å². The number of nitrogens with zero attached hydrogens (tertiary/aromatic N) is 6. The van der Waals surface area contributed by atoms with E-state index >= 15 is 0 Å². The molecule has 8 rings (SSSR count). The monoisotopic (exact) mass is 737 g/mol. The fourth-order valence-electron chi connectivity index (χ4n) is 7.46. The summed E-state index contributed by atoms with van der Waals surface area (Å²) < 4.78 is 25.5. The molecule has 1 atom stereocenters. The quantitative estimate of drug-likeness (QED) is 0.202. The highest BCUT2D eigenvalue weighted by Crippen LogP contribution is 2.33. The molecule has 53 heavy (non-hydrogen) atoms. The molecule has 3 fully saturated rings. The lowest BCUT2D eigenvalue weighted by atomic mass is 10.0. The Morgan fingerprint density at radius 1 is 0.849 bits per heavy atom. The summed E-state index contributed by atoms with van der Waals surface area (Å²) in [4.78, 5) is 68.2. The van der Waals surface area contributed by atoms with Crippen LogP contribution < -0.4 is 25.2 Å². The largest absolute Gasteiger partial charge is 0.369 e. The zero-order valence-electron chi connectivity index (χ0n) is 29.1. The van der Waals surface area contributed by atoms with Gasteiger partial charge in [-0.05, 0) is 60.9 Å². The fraction of sp³-hybridized carbons (Fsp3) is 0.351. The van der Waals surface area contributed by atoms with Gasteiger partial charge in [-0.15, -0.1) is 0 Å². The van der Waals surface area contributed by atoms with Gasteiger partial charge in [0.25, 0.3) is 11.8 Å². The maximum absolute atomic E-state index is 13.3. The number of imide groups is 2. The lowest BCUT2D eigenvalue weighted by Gasteiger charge is -2.49. The maximum Gasteiger partial charge on any atom is 0.262 e. The number of hydrogen-bond donors (Lipinski definition) is 3. The number of aromatic nitrogens is 2. The Kier molecular flexibility index (Phi) is 8.94. The molecule has 0 spiro atoms. The molecule has 4 aromatic rings. The van der Waals surface area contributed by atoms with E-state index in [-0.39, 0.29) is 24.0 Å². The summed E-state index contributed by atoms with van der Waals surface area (Å²) in [7, 11) is -3.33. The van der Waals surface area contributed by atoms with E-state index in [4.69, 9.17) is 9.97 Å². The molecular formula is C37H39N9O6S. The maximum atomic E-state index is 13.3. The van der Waals surface area contributed by atoms with Crippen molar-refractivity contribution in [3.05, 3.63) is 83.4 Å². The molecule has 3 aromatic carbocycles.